The van der Waals surface area contributed by atoms with Gasteiger partial charge in [-0.05, 0) is 35.2 Å². The van der Waals surface area contributed by atoms with E-state index in [0.29, 0.717) is 6.42 Å². The van der Waals surface area contributed by atoms with E-state index in [1.54, 1.807) is 18.4 Å². The number of ether oxygens (including phenoxy) is 1. The van der Waals surface area contributed by atoms with Crippen LogP contribution in [0.4, 0.5) is 0 Å². The summed E-state index contributed by atoms with van der Waals surface area (Å²) in [6, 6.07) is 9.68. The zero-order valence-electron chi connectivity index (χ0n) is 9.39. The van der Waals surface area contributed by atoms with Crippen LogP contribution in [0.25, 0.3) is 0 Å². The van der Waals surface area contributed by atoms with Gasteiger partial charge < -0.3 is 9.84 Å². The van der Waals surface area contributed by atoms with E-state index in [1.807, 2.05) is 35.7 Å². The van der Waals surface area contributed by atoms with Gasteiger partial charge >= 0.3 is 0 Å². The molecule has 0 spiro atoms. The van der Waals surface area contributed by atoms with Crippen LogP contribution in [0.5, 0.6) is 5.75 Å². The first-order valence-corrected chi connectivity index (χ1v) is 6.92. The lowest BCUT2D eigenvalue weighted by atomic mass is 10.1. The van der Waals surface area contributed by atoms with Gasteiger partial charge in [-0.1, -0.05) is 22.0 Å². The number of aliphatic hydroxyl groups is 1. The van der Waals surface area contributed by atoms with Crippen molar-refractivity contribution in [3.8, 4) is 5.75 Å². The fourth-order valence-electron chi connectivity index (χ4n) is 1.62. The van der Waals surface area contributed by atoms with Crippen molar-refractivity contribution in [3.05, 3.63) is 50.6 Å². The third-order valence-electron chi connectivity index (χ3n) is 2.54. The van der Waals surface area contributed by atoms with E-state index in [1.165, 1.54) is 0 Å². The van der Waals surface area contributed by atoms with Gasteiger partial charge in [-0.15, -0.1) is 11.3 Å². The van der Waals surface area contributed by atoms with Crippen LogP contribution in [0.2, 0.25) is 0 Å². The number of methoxy groups -OCH3 is 1. The highest BCUT2D eigenvalue weighted by Crippen LogP contribution is 2.28. The second kappa shape index (κ2) is 5.67. The van der Waals surface area contributed by atoms with Gasteiger partial charge in [0.2, 0.25) is 0 Å². The predicted molar refractivity (Wildman–Crippen MR) is 73.7 cm³/mol. The molecule has 1 unspecified atom stereocenters. The lowest BCUT2D eigenvalue weighted by Gasteiger charge is -2.11. The van der Waals surface area contributed by atoms with Gasteiger partial charge in [0.25, 0.3) is 0 Å². The van der Waals surface area contributed by atoms with Crippen molar-refractivity contribution in [1.82, 2.24) is 0 Å². The number of hydrogen-bond acceptors (Lipinski definition) is 3. The molecule has 1 atom stereocenters. The topological polar surface area (TPSA) is 29.5 Å². The smallest absolute Gasteiger partial charge is 0.119 e. The molecule has 0 aliphatic carbocycles. The standard InChI is InChI=1S/C13H13BrO2S/c1-16-10-4-5-11(14)9(7-10)8-12(15)13-3-2-6-17-13/h2-7,12,15H,8H2,1H3. The maximum Gasteiger partial charge on any atom is 0.119 e. The first-order chi connectivity index (χ1) is 8.20. The highest BCUT2D eigenvalue weighted by atomic mass is 79.9. The summed E-state index contributed by atoms with van der Waals surface area (Å²) in [7, 11) is 1.64. The molecule has 90 valence electrons. The van der Waals surface area contributed by atoms with Crippen molar-refractivity contribution in [1.29, 1.82) is 0 Å². The summed E-state index contributed by atoms with van der Waals surface area (Å²) < 4.78 is 6.18. The van der Waals surface area contributed by atoms with Crippen molar-refractivity contribution >= 4 is 27.3 Å². The van der Waals surface area contributed by atoms with E-state index in [4.69, 9.17) is 4.74 Å². The molecule has 2 rings (SSSR count). The fraction of sp³-hybridized carbons (Fsp3) is 0.231. The summed E-state index contributed by atoms with van der Waals surface area (Å²) in [5.41, 5.74) is 1.05. The highest BCUT2D eigenvalue weighted by Gasteiger charge is 2.12. The molecule has 0 radical (unpaired) electrons. The normalized spacial score (nSPS) is 12.4. The molecule has 2 nitrogen and oxygen atoms in total. The van der Waals surface area contributed by atoms with Crippen LogP contribution in [0.3, 0.4) is 0 Å². The molecule has 1 aromatic carbocycles. The molecule has 0 amide bonds. The Morgan fingerprint density at radius 1 is 1.41 bits per heavy atom. The van der Waals surface area contributed by atoms with Crippen LogP contribution in [0.15, 0.2) is 40.2 Å². The van der Waals surface area contributed by atoms with E-state index < -0.39 is 6.10 Å². The average Bonchev–Trinajstić information content (AvgIpc) is 2.85. The Kier molecular flexibility index (Phi) is 4.20. The van der Waals surface area contributed by atoms with E-state index in [0.717, 1.165) is 20.7 Å². The van der Waals surface area contributed by atoms with E-state index >= 15 is 0 Å². The number of hydrogen-bond donors (Lipinski definition) is 1. The molecule has 0 saturated carbocycles. The maximum absolute atomic E-state index is 10.1. The summed E-state index contributed by atoms with van der Waals surface area (Å²) in [6.07, 6.45) is 0.122. The van der Waals surface area contributed by atoms with Crippen molar-refractivity contribution in [2.75, 3.05) is 7.11 Å². The minimum absolute atomic E-state index is 0.460. The lowest BCUT2D eigenvalue weighted by Crippen LogP contribution is -2.00. The molecule has 0 bridgehead atoms. The lowest BCUT2D eigenvalue weighted by molar-refractivity contribution is 0.182. The molecular weight excluding hydrogens is 300 g/mol. The summed E-state index contributed by atoms with van der Waals surface area (Å²) in [5, 5.41) is 12.1. The third-order valence-corrected chi connectivity index (χ3v) is 4.28. The highest BCUT2D eigenvalue weighted by molar-refractivity contribution is 9.10. The quantitative estimate of drug-likeness (QED) is 0.930. The van der Waals surface area contributed by atoms with E-state index in [-0.39, 0.29) is 0 Å². The van der Waals surface area contributed by atoms with Crippen molar-refractivity contribution in [2.24, 2.45) is 0 Å². The minimum atomic E-state index is -0.460. The molecule has 0 saturated heterocycles. The summed E-state index contributed by atoms with van der Waals surface area (Å²) in [4.78, 5) is 0.986. The second-order valence-corrected chi connectivity index (χ2v) is 5.53. The molecule has 2 aromatic rings. The third kappa shape index (κ3) is 3.09. The molecule has 0 aliphatic rings. The van der Waals surface area contributed by atoms with Crippen LogP contribution in [0.1, 0.15) is 16.5 Å². The van der Waals surface area contributed by atoms with Gasteiger partial charge in [-0.25, -0.2) is 0 Å². The number of aliphatic hydroxyl groups excluding tert-OH is 1. The molecule has 0 aliphatic heterocycles. The second-order valence-electron chi connectivity index (χ2n) is 3.69. The molecule has 4 heteroatoms. The number of rotatable bonds is 4. The average molecular weight is 313 g/mol. The Balaban J connectivity index is 2.18. The first-order valence-electron chi connectivity index (χ1n) is 5.24. The fourth-order valence-corrected chi connectivity index (χ4v) is 2.74. The van der Waals surface area contributed by atoms with Gasteiger partial charge in [0.05, 0.1) is 13.2 Å². The van der Waals surface area contributed by atoms with Crippen molar-refractivity contribution < 1.29 is 9.84 Å². The molecule has 0 fully saturated rings. The molecule has 1 aromatic heterocycles. The SMILES string of the molecule is COc1ccc(Br)c(CC(O)c2cccs2)c1. The zero-order valence-corrected chi connectivity index (χ0v) is 11.8. The molecule has 17 heavy (non-hydrogen) atoms. The van der Waals surface area contributed by atoms with Gasteiger partial charge in [-0.2, -0.15) is 0 Å². The van der Waals surface area contributed by atoms with Gasteiger partial charge in [0.15, 0.2) is 0 Å². The monoisotopic (exact) mass is 312 g/mol. The van der Waals surface area contributed by atoms with Gasteiger partial charge in [0.1, 0.15) is 5.75 Å². The van der Waals surface area contributed by atoms with Crippen LogP contribution >= 0.6 is 27.3 Å². The van der Waals surface area contributed by atoms with Crippen LogP contribution in [0, 0.1) is 0 Å². The largest absolute Gasteiger partial charge is 0.497 e. The van der Waals surface area contributed by atoms with E-state index in [9.17, 15) is 5.11 Å². The van der Waals surface area contributed by atoms with Gasteiger partial charge in [0, 0.05) is 15.8 Å². The number of thiophene rings is 1. The summed E-state index contributed by atoms with van der Waals surface area (Å²) in [6.45, 7) is 0. The van der Waals surface area contributed by atoms with Crippen molar-refractivity contribution in [2.45, 2.75) is 12.5 Å². The predicted octanol–water partition coefficient (Wildman–Crippen LogP) is 3.80. The first kappa shape index (κ1) is 12.6. The maximum atomic E-state index is 10.1. The Bertz CT molecular complexity index is 482. The van der Waals surface area contributed by atoms with Gasteiger partial charge in [-0.3, -0.25) is 0 Å². The van der Waals surface area contributed by atoms with Crippen LogP contribution in [-0.2, 0) is 6.42 Å². The summed E-state index contributed by atoms with van der Waals surface area (Å²) in [5.74, 6) is 0.807. The zero-order chi connectivity index (χ0) is 12.3. The molecule has 1 heterocycles. The molecular formula is C13H13BrO2S. The Morgan fingerprint density at radius 3 is 2.88 bits per heavy atom. The number of benzene rings is 1. The van der Waals surface area contributed by atoms with Crippen molar-refractivity contribution in [3.63, 3.8) is 0 Å². The Hall–Kier alpha value is -0.840. The number of halogens is 1. The summed E-state index contributed by atoms with van der Waals surface area (Å²) >= 11 is 5.06. The van der Waals surface area contributed by atoms with Crippen LogP contribution < -0.4 is 4.74 Å². The molecule has 1 N–H and O–H groups in total. The van der Waals surface area contributed by atoms with Crippen LogP contribution in [-0.4, -0.2) is 12.2 Å². The Morgan fingerprint density at radius 2 is 2.24 bits per heavy atom. The minimum Gasteiger partial charge on any atom is -0.497 e. The van der Waals surface area contributed by atoms with E-state index in [2.05, 4.69) is 15.9 Å². The Labute approximate surface area is 113 Å².